The van der Waals surface area contributed by atoms with E-state index in [1.807, 2.05) is 0 Å². The van der Waals surface area contributed by atoms with Crippen LogP contribution in [-0.4, -0.2) is 31.7 Å². The third-order valence-corrected chi connectivity index (χ3v) is 6.52. The minimum Gasteiger partial charge on any atom is -0.454 e. The van der Waals surface area contributed by atoms with Gasteiger partial charge in [0.2, 0.25) is 10.0 Å². The smallest absolute Gasteiger partial charge is 0.259 e. The number of hydrogen-bond donors (Lipinski definition) is 1. The van der Waals surface area contributed by atoms with Gasteiger partial charge in [0.25, 0.3) is 5.91 Å². The number of ether oxygens (including phenoxy) is 1. The lowest BCUT2D eigenvalue weighted by molar-refractivity contribution is 0.102. The quantitative estimate of drug-likeness (QED) is 0.880. The maximum atomic E-state index is 12.8. The molecule has 3 rings (SSSR count). The van der Waals surface area contributed by atoms with Crippen molar-refractivity contribution in [2.45, 2.75) is 24.8 Å². The molecule has 0 atom stereocenters. The van der Waals surface area contributed by atoms with Gasteiger partial charge in [0.1, 0.15) is 10.6 Å². The Hall–Kier alpha value is -2.09. The van der Waals surface area contributed by atoms with E-state index in [-0.39, 0.29) is 27.3 Å². The number of amides is 1. The Morgan fingerprint density at radius 2 is 1.84 bits per heavy atom. The molecule has 1 amide bonds. The summed E-state index contributed by atoms with van der Waals surface area (Å²) < 4.78 is 32.5. The lowest BCUT2D eigenvalue weighted by atomic mass is 10.2. The van der Waals surface area contributed by atoms with Crippen LogP contribution in [0, 0.1) is 0 Å². The van der Waals surface area contributed by atoms with Crippen LogP contribution in [0.25, 0.3) is 0 Å². The molecule has 0 unspecified atom stereocenters. The standard InChI is InChI=1S/C17H17ClN2O4S/c1-10(2)20(3)25(22,23)16-8-11-15(9-12(16)18)24-14-7-5-4-6-13(14)19-17(11)21/h4-10H,1-3H3,(H,19,21). The van der Waals surface area contributed by atoms with Gasteiger partial charge in [-0.25, -0.2) is 8.42 Å². The van der Waals surface area contributed by atoms with E-state index in [1.165, 1.54) is 23.5 Å². The minimum atomic E-state index is -3.84. The van der Waals surface area contributed by atoms with Crippen LogP contribution < -0.4 is 10.1 Å². The highest BCUT2D eigenvalue weighted by Gasteiger charge is 2.30. The monoisotopic (exact) mass is 380 g/mol. The summed E-state index contributed by atoms with van der Waals surface area (Å²) in [4.78, 5) is 12.4. The third kappa shape index (κ3) is 3.10. The Balaban J connectivity index is 2.15. The average molecular weight is 381 g/mol. The topological polar surface area (TPSA) is 75.7 Å². The molecule has 0 aromatic heterocycles. The Morgan fingerprint density at radius 1 is 1.16 bits per heavy atom. The van der Waals surface area contributed by atoms with Crippen molar-refractivity contribution in [3.05, 3.63) is 47.0 Å². The molecular weight excluding hydrogens is 364 g/mol. The highest BCUT2D eigenvalue weighted by Crippen LogP contribution is 2.39. The highest BCUT2D eigenvalue weighted by molar-refractivity contribution is 7.89. The van der Waals surface area contributed by atoms with E-state index < -0.39 is 15.9 Å². The molecule has 132 valence electrons. The van der Waals surface area contributed by atoms with Crippen LogP contribution in [-0.2, 0) is 10.0 Å². The second-order valence-corrected chi connectivity index (χ2v) is 8.32. The maximum Gasteiger partial charge on any atom is 0.259 e. The van der Waals surface area contributed by atoms with Gasteiger partial charge in [0.05, 0.1) is 16.3 Å². The maximum absolute atomic E-state index is 12.8. The lowest BCUT2D eigenvalue weighted by Crippen LogP contribution is -2.33. The van der Waals surface area contributed by atoms with Crippen LogP contribution in [0.5, 0.6) is 11.5 Å². The Bertz CT molecular complexity index is 957. The number of para-hydroxylation sites is 2. The van der Waals surface area contributed by atoms with Gasteiger partial charge in [-0.1, -0.05) is 23.7 Å². The molecule has 2 aromatic carbocycles. The van der Waals surface area contributed by atoms with E-state index in [1.54, 1.807) is 38.1 Å². The predicted molar refractivity (Wildman–Crippen MR) is 96.0 cm³/mol. The fourth-order valence-electron chi connectivity index (χ4n) is 2.39. The molecule has 1 aliphatic heterocycles. The second-order valence-electron chi connectivity index (χ2n) is 5.95. The molecule has 1 N–H and O–H groups in total. The highest BCUT2D eigenvalue weighted by atomic mass is 35.5. The predicted octanol–water partition coefficient (Wildman–Crippen LogP) is 3.73. The summed E-state index contributed by atoms with van der Waals surface area (Å²) in [5.41, 5.74) is 0.611. The van der Waals surface area contributed by atoms with Crippen LogP contribution in [0.1, 0.15) is 24.2 Å². The van der Waals surface area contributed by atoms with Gasteiger partial charge >= 0.3 is 0 Å². The molecule has 0 bridgehead atoms. The van der Waals surface area contributed by atoms with Gasteiger partial charge < -0.3 is 10.1 Å². The summed E-state index contributed by atoms with van der Waals surface area (Å²) in [6.45, 7) is 3.50. The number of anilines is 1. The number of sulfonamides is 1. The summed E-state index contributed by atoms with van der Waals surface area (Å²) in [7, 11) is -2.37. The van der Waals surface area contributed by atoms with Crippen LogP contribution in [0.4, 0.5) is 5.69 Å². The summed E-state index contributed by atoms with van der Waals surface area (Å²) in [5, 5.41) is 2.71. The molecule has 8 heteroatoms. The van der Waals surface area contributed by atoms with Crippen molar-refractivity contribution in [2.75, 3.05) is 12.4 Å². The molecule has 0 aliphatic carbocycles. The van der Waals surface area contributed by atoms with Gasteiger partial charge in [-0.15, -0.1) is 0 Å². The Morgan fingerprint density at radius 3 is 2.52 bits per heavy atom. The number of nitrogens with one attached hydrogen (secondary N) is 1. The summed E-state index contributed by atoms with van der Waals surface area (Å²) in [6.07, 6.45) is 0. The number of halogens is 1. The van der Waals surface area contributed by atoms with Crippen molar-refractivity contribution < 1.29 is 17.9 Å². The molecule has 2 aromatic rings. The van der Waals surface area contributed by atoms with Crippen molar-refractivity contribution in [2.24, 2.45) is 0 Å². The molecule has 6 nitrogen and oxygen atoms in total. The van der Waals surface area contributed by atoms with E-state index in [0.717, 1.165) is 0 Å². The fraction of sp³-hybridized carbons (Fsp3) is 0.235. The fourth-order valence-corrected chi connectivity index (χ4v) is 4.28. The van der Waals surface area contributed by atoms with Gasteiger partial charge in [0.15, 0.2) is 5.75 Å². The van der Waals surface area contributed by atoms with Crippen molar-refractivity contribution in [3.63, 3.8) is 0 Å². The van der Waals surface area contributed by atoms with Crippen LogP contribution >= 0.6 is 11.6 Å². The zero-order valence-electron chi connectivity index (χ0n) is 13.9. The third-order valence-electron chi connectivity index (χ3n) is 4.02. The molecule has 0 fully saturated rings. The van der Waals surface area contributed by atoms with E-state index in [0.29, 0.717) is 11.4 Å². The summed E-state index contributed by atoms with van der Waals surface area (Å²) in [6, 6.07) is 9.30. The Kier molecular flexibility index (Phi) is 4.49. The number of fused-ring (bicyclic) bond motifs is 2. The molecule has 25 heavy (non-hydrogen) atoms. The first-order chi connectivity index (χ1) is 11.7. The van der Waals surface area contributed by atoms with Gasteiger partial charge in [-0.2, -0.15) is 4.31 Å². The largest absolute Gasteiger partial charge is 0.454 e. The van der Waals surface area contributed by atoms with Crippen molar-refractivity contribution in [1.82, 2.24) is 4.31 Å². The van der Waals surface area contributed by atoms with E-state index >= 15 is 0 Å². The van der Waals surface area contributed by atoms with Gasteiger partial charge in [0, 0.05) is 19.2 Å². The van der Waals surface area contributed by atoms with E-state index in [4.69, 9.17) is 16.3 Å². The second kappa shape index (κ2) is 6.33. The first-order valence-electron chi connectivity index (χ1n) is 7.61. The van der Waals surface area contributed by atoms with Crippen molar-refractivity contribution in [1.29, 1.82) is 0 Å². The van der Waals surface area contributed by atoms with E-state index in [2.05, 4.69) is 5.32 Å². The number of carbonyl (C=O) groups is 1. The number of nitrogens with zero attached hydrogens (tertiary/aromatic N) is 1. The van der Waals surface area contributed by atoms with Gasteiger partial charge in [-0.05, 0) is 32.0 Å². The van der Waals surface area contributed by atoms with Gasteiger partial charge in [-0.3, -0.25) is 4.79 Å². The lowest BCUT2D eigenvalue weighted by Gasteiger charge is -2.22. The van der Waals surface area contributed by atoms with Crippen LogP contribution in [0.2, 0.25) is 5.02 Å². The van der Waals surface area contributed by atoms with Crippen molar-refractivity contribution in [3.8, 4) is 11.5 Å². The molecule has 1 aliphatic rings. The summed E-state index contributed by atoms with van der Waals surface area (Å²) >= 11 is 6.21. The SMILES string of the molecule is CC(C)N(C)S(=O)(=O)c1cc2c(cc1Cl)Oc1ccccc1NC2=O. The molecule has 0 saturated heterocycles. The number of benzene rings is 2. The number of rotatable bonds is 3. The molecule has 0 radical (unpaired) electrons. The molecular formula is C17H17ClN2O4S. The van der Waals surface area contributed by atoms with Crippen molar-refractivity contribution >= 4 is 33.2 Å². The normalized spacial score (nSPS) is 13.8. The molecule has 1 heterocycles. The van der Waals surface area contributed by atoms with Crippen LogP contribution in [0.15, 0.2) is 41.3 Å². The van der Waals surface area contributed by atoms with Crippen LogP contribution in [0.3, 0.4) is 0 Å². The average Bonchev–Trinajstić information content (AvgIpc) is 2.68. The number of hydrogen-bond acceptors (Lipinski definition) is 4. The Labute approximate surface area is 151 Å². The minimum absolute atomic E-state index is 0.00145. The zero-order valence-corrected chi connectivity index (χ0v) is 15.5. The number of carbonyl (C=O) groups excluding carboxylic acids is 1. The molecule has 0 spiro atoms. The molecule has 0 saturated carbocycles. The first kappa shape index (κ1) is 17.7. The first-order valence-corrected chi connectivity index (χ1v) is 9.43. The van der Waals surface area contributed by atoms with E-state index in [9.17, 15) is 13.2 Å². The zero-order chi connectivity index (χ0) is 18.4. The summed E-state index contributed by atoms with van der Waals surface area (Å²) in [5.74, 6) is 0.208.